The minimum atomic E-state index is -0.820. The molecule has 0 aliphatic heterocycles. The molecular weight excluding hydrogens is 332 g/mol. The fourth-order valence-electron chi connectivity index (χ4n) is 2.45. The first kappa shape index (κ1) is 19.1. The van der Waals surface area contributed by atoms with E-state index in [1.165, 1.54) is 0 Å². The quantitative estimate of drug-likeness (QED) is 0.785. The lowest BCUT2D eigenvalue weighted by atomic mass is 9.99. The molecule has 1 unspecified atom stereocenters. The second kappa shape index (κ2) is 9.33. The van der Waals surface area contributed by atoms with E-state index in [4.69, 9.17) is 14.2 Å². The van der Waals surface area contributed by atoms with Gasteiger partial charge in [-0.15, -0.1) is 0 Å². The zero-order valence-electron chi connectivity index (χ0n) is 15.1. The number of nitrogens with zero attached hydrogens (tertiary/aromatic N) is 1. The molecule has 2 aromatic carbocycles. The van der Waals surface area contributed by atoms with Gasteiger partial charge in [0.15, 0.2) is 11.5 Å². The summed E-state index contributed by atoms with van der Waals surface area (Å²) in [4.78, 5) is 12.4. The van der Waals surface area contributed by atoms with Gasteiger partial charge in [-0.05, 0) is 55.3 Å². The van der Waals surface area contributed by atoms with E-state index in [0.29, 0.717) is 29.5 Å². The highest BCUT2D eigenvalue weighted by atomic mass is 16.5. The third-order valence-corrected chi connectivity index (χ3v) is 3.80. The summed E-state index contributed by atoms with van der Waals surface area (Å²) in [5.74, 6) is 0.734. The number of carbonyl (C=O) groups is 1. The second-order valence-corrected chi connectivity index (χ2v) is 5.52. The minimum Gasteiger partial charge on any atom is -0.497 e. The molecule has 2 rings (SSSR count). The maximum Gasteiger partial charge on any atom is 0.242 e. The van der Waals surface area contributed by atoms with E-state index in [0.717, 1.165) is 5.56 Å². The Bertz CT molecular complexity index is 781. The van der Waals surface area contributed by atoms with Crippen molar-refractivity contribution in [2.75, 3.05) is 26.1 Å². The number of anilines is 1. The van der Waals surface area contributed by atoms with E-state index in [1.54, 1.807) is 50.6 Å². The first-order valence-corrected chi connectivity index (χ1v) is 8.25. The Morgan fingerprint density at radius 2 is 1.85 bits per heavy atom. The molecule has 1 N–H and O–H groups in total. The Labute approximate surface area is 153 Å². The smallest absolute Gasteiger partial charge is 0.242 e. The Kier molecular flexibility index (Phi) is 6.86. The van der Waals surface area contributed by atoms with Crippen LogP contribution in [0.15, 0.2) is 42.5 Å². The molecule has 1 amide bonds. The lowest BCUT2D eigenvalue weighted by molar-refractivity contribution is -0.118. The molecule has 136 valence electrons. The number of hydrogen-bond acceptors (Lipinski definition) is 5. The van der Waals surface area contributed by atoms with Gasteiger partial charge in [0.1, 0.15) is 11.7 Å². The molecule has 0 fully saturated rings. The van der Waals surface area contributed by atoms with Gasteiger partial charge in [-0.3, -0.25) is 4.79 Å². The maximum atomic E-state index is 12.4. The van der Waals surface area contributed by atoms with Crippen LogP contribution in [0.25, 0.3) is 0 Å². The SMILES string of the molecule is CCOc1ccc(CC(C#N)C(=O)Nc2ccc(OC)cc2)cc1OC. The lowest BCUT2D eigenvalue weighted by Gasteiger charge is -2.13. The normalized spacial score (nSPS) is 11.2. The van der Waals surface area contributed by atoms with Crippen molar-refractivity contribution < 1.29 is 19.0 Å². The monoisotopic (exact) mass is 354 g/mol. The largest absolute Gasteiger partial charge is 0.497 e. The standard InChI is InChI=1S/C20H22N2O4/c1-4-26-18-10-5-14(12-19(18)25-3)11-15(13-21)20(23)22-16-6-8-17(24-2)9-7-16/h5-10,12,15H,4,11H2,1-3H3,(H,22,23). The van der Waals surface area contributed by atoms with Crippen LogP contribution in [0.3, 0.4) is 0 Å². The molecule has 0 aromatic heterocycles. The summed E-state index contributed by atoms with van der Waals surface area (Å²) >= 11 is 0. The molecule has 6 nitrogen and oxygen atoms in total. The van der Waals surface area contributed by atoms with E-state index >= 15 is 0 Å². The molecule has 26 heavy (non-hydrogen) atoms. The number of methoxy groups -OCH3 is 2. The molecule has 0 heterocycles. The Balaban J connectivity index is 2.08. The van der Waals surface area contributed by atoms with Crippen LogP contribution < -0.4 is 19.5 Å². The Hall–Kier alpha value is -3.20. The predicted molar refractivity (Wildman–Crippen MR) is 98.6 cm³/mol. The van der Waals surface area contributed by atoms with E-state index < -0.39 is 5.92 Å². The number of nitriles is 1. The van der Waals surface area contributed by atoms with E-state index in [1.807, 2.05) is 13.0 Å². The van der Waals surface area contributed by atoms with Gasteiger partial charge >= 0.3 is 0 Å². The fraction of sp³-hybridized carbons (Fsp3) is 0.300. The van der Waals surface area contributed by atoms with Crippen molar-refractivity contribution in [1.29, 1.82) is 5.26 Å². The average Bonchev–Trinajstić information content (AvgIpc) is 2.67. The van der Waals surface area contributed by atoms with E-state index in [9.17, 15) is 10.1 Å². The molecule has 1 atom stereocenters. The Morgan fingerprint density at radius 1 is 1.12 bits per heavy atom. The van der Waals surface area contributed by atoms with Gasteiger partial charge in [-0.2, -0.15) is 5.26 Å². The highest BCUT2D eigenvalue weighted by molar-refractivity contribution is 5.94. The van der Waals surface area contributed by atoms with Crippen molar-refractivity contribution in [3.8, 4) is 23.3 Å². The average molecular weight is 354 g/mol. The van der Waals surface area contributed by atoms with Crippen molar-refractivity contribution >= 4 is 11.6 Å². The van der Waals surface area contributed by atoms with Crippen molar-refractivity contribution in [1.82, 2.24) is 0 Å². The number of ether oxygens (including phenoxy) is 3. The Morgan fingerprint density at radius 3 is 2.42 bits per heavy atom. The van der Waals surface area contributed by atoms with Crippen LogP contribution in [0.1, 0.15) is 12.5 Å². The highest BCUT2D eigenvalue weighted by Crippen LogP contribution is 2.29. The van der Waals surface area contributed by atoms with Crippen LogP contribution in [0.2, 0.25) is 0 Å². The van der Waals surface area contributed by atoms with Crippen LogP contribution >= 0.6 is 0 Å². The second-order valence-electron chi connectivity index (χ2n) is 5.52. The van der Waals surface area contributed by atoms with E-state index in [-0.39, 0.29) is 12.3 Å². The summed E-state index contributed by atoms with van der Waals surface area (Å²) in [5.41, 5.74) is 1.43. The van der Waals surface area contributed by atoms with Gasteiger partial charge in [0.25, 0.3) is 0 Å². The van der Waals surface area contributed by atoms with Crippen LogP contribution in [0, 0.1) is 17.2 Å². The number of nitrogens with one attached hydrogen (secondary N) is 1. The van der Waals surface area contributed by atoms with Crippen LogP contribution in [0.5, 0.6) is 17.2 Å². The zero-order chi connectivity index (χ0) is 18.9. The van der Waals surface area contributed by atoms with Gasteiger partial charge in [-0.1, -0.05) is 6.07 Å². The topological polar surface area (TPSA) is 80.6 Å². The molecule has 6 heteroatoms. The van der Waals surface area contributed by atoms with Gasteiger partial charge in [0.05, 0.1) is 26.9 Å². The molecular formula is C20H22N2O4. The molecule has 0 saturated heterocycles. The van der Waals surface area contributed by atoms with Gasteiger partial charge in [0.2, 0.25) is 5.91 Å². The fourth-order valence-corrected chi connectivity index (χ4v) is 2.45. The zero-order valence-corrected chi connectivity index (χ0v) is 15.1. The van der Waals surface area contributed by atoms with Crippen molar-refractivity contribution in [2.45, 2.75) is 13.3 Å². The molecule has 0 saturated carbocycles. The summed E-state index contributed by atoms with van der Waals surface area (Å²) in [6.45, 7) is 2.42. The van der Waals surface area contributed by atoms with Crippen LogP contribution in [0.4, 0.5) is 5.69 Å². The van der Waals surface area contributed by atoms with Gasteiger partial charge < -0.3 is 19.5 Å². The highest BCUT2D eigenvalue weighted by Gasteiger charge is 2.19. The molecule has 0 aliphatic rings. The van der Waals surface area contributed by atoms with E-state index in [2.05, 4.69) is 11.4 Å². The third-order valence-electron chi connectivity index (χ3n) is 3.80. The summed E-state index contributed by atoms with van der Waals surface area (Å²) in [7, 11) is 3.13. The van der Waals surface area contributed by atoms with Gasteiger partial charge in [0, 0.05) is 5.69 Å². The number of benzene rings is 2. The van der Waals surface area contributed by atoms with Gasteiger partial charge in [-0.25, -0.2) is 0 Å². The van der Waals surface area contributed by atoms with Crippen LogP contribution in [-0.4, -0.2) is 26.7 Å². The predicted octanol–water partition coefficient (Wildman–Crippen LogP) is 3.42. The molecule has 2 aromatic rings. The van der Waals surface area contributed by atoms with Crippen LogP contribution in [-0.2, 0) is 11.2 Å². The number of carbonyl (C=O) groups excluding carboxylic acids is 1. The van der Waals surface area contributed by atoms with Crippen molar-refractivity contribution in [3.63, 3.8) is 0 Å². The molecule has 0 spiro atoms. The maximum absolute atomic E-state index is 12.4. The summed E-state index contributed by atoms with van der Waals surface area (Å²) in [5, 5.41) is 12.1. The third kappa shape index (κ3) is 4.90. The molecule has 0 bridgehead atoms. The van der Waals surface area contributed by atoms with Crippen molar-refractivity contribution in [3.05, 3.63) is 48.0 Å². The minimum absolute atomic E-state index is 0.279. The summed E-state index contributed by atoms with van der Waals surface area (Å²) in [6.07, 6.45) is 0.279. The first-order chi connectivity index (χ1) is 12.6. The number of hydrogen-bond donors (Lipinski definition) is 1. The lowest BCUT2D eigenvalue weighted by Crippen LogP contribution is -2.23. The summed E-state index contributed by atoms with van der Waals surface area (Å²) in [6, 6.07) is 14.4. The number of rotatable bonds is 8. The summed E-state index contributed by atoms with van der Waals surface area (Å²) < 4.78 is 15.9. The number of amides is 1. The molecule has 0 radical (unpaired) electrons. The molecule has 0 aliphatic carbocycles. The first-order valence-electron chi connectivity index (χ1n) is 8.25. The van der Waals surface area contributed by atoms with Crippen molar-refractivity contribution in [2.24, 2.45) is 5.92 Å².